The van der Waals surface area contributed by atoms with Crippen LogP contribution < -0.4 is 5.32 Å². The summed E-state index contributed by atoms with van der Waals surface area (Å²) in [5, 5.41) is 11.6. The third kappa shape index (κ3) is 3.76. The van der Waals surface area contributed by atoms with Gasteiger partial charge < -0.3 is 10.4 Å². The number of amides is 1. The van der Waals surface area contributed by atoms with Crippen LogP contribution in [0.5, 0.6) is 0 Å². The van der Waals surface area contributed by atoms with Gasteiger partial charge in [-0.2, -0.15) is 0 Å². The molecule has 0 fully saturated rings. The van der Waals surface area contributed by atoms with Gasteiger partial charge in [0.1, 0.15) is 11.4 Å². The van der Waals surface area contributed by atoms with Crippen LogP contribution in [-0.4, -0.2) is 22.5 Å². The third-order valence-corrected chi connectivity index (χ3v) is 3.44. The molecule has 1 atom stereocenters. The average molecular weight is 332 g/mol. The molecule has 1 rings (SSSR count). The van der Waals surface area contributed by atoms with Gasteiger partial charge in [0.15, 0.2) is 0 Å². The molecule has 6 heteroatoms. The van der Waals surface area contributed by atoms with Crippen molar-refractivity contribution in [2.75, 3.05) is 0 Å². The molecule has 0 saturated heterocycles. The summed E-state index contributed by atoms with van der Waals surface area (Å²) in [6.45, 7) is 3.26. The van der Waals surface area contributed by atoms with E-state index in [4.69, 9.17) is 5.11 Å². The van der Waals surface area contributed by atoms with Crippen molar-refractivity contribution in [3.63, 3.8) is 0 Å². The molecule has 0 spiro atoms. The number of rotatable bonds is 5. The van der Waals surface area contributed by atoms with Gasteiger partial charge in [0, 0.05) is 5.56 Å². The van der Waals surface area contributed by atoms with Crippen LogP contribution in [-0.2, 0) is 4.79 Å². The Balaban J connectivity index is 2.94. The van der Waals surface area contributed by atoms with E-state index in [1.54, 1.807) is 0 Å². The maximum absolute atomic E-state index is 13.3. The Kier molecular flexibility index (Phi) is 5.05. The van der Waals surface area contributed by atoms with Crippen LogP contribution in [0.2, 0.25) is 0 Å². The van der Waals surface area contributed by atoms with Crippen molar-refractivity contribution in [1.29, 1.82) is 0 Å². The maximum atomic E-state index is 13.3. The van der Waals surface area contributed by atoms with E-state index in [0.717, 1.165) is 6.07 Å². The van der Waals surface area contributed by atoms with Crippen LogP contribution in [0.25, 0.3) is 0 Å². The molecule has 2 N–H and O–H groups in total. The van der Waals surface area contributed by atoms with Gasteiger partial charge in [-0.15, -0.1) is 0 Å². The largest absolute Gasteiger partial charge is 0.480 e. The smallest absolute Gasteiger partial charge is 0.329 e. The first-order valence-electron chi connectivity index (χ1n) is 5.81. The van der Waals surface area contributed by atoms with Gasteiger partial charge in [0.05, 0.1) is 4.47 Å². The SMILES string of the molecule is CCCC(C)(NC(=O)c1ccc(Br)c(F)c1)C(=O)O. The van der Waals surface area contributed by atoms with E-state index in [1.807, 2.05) is 6.92 Å². The van der Waals surface area contributed by atoms with Gasteiger partial charge in [-0.3, -0.25) is 4.79 Å². The van der Waals surface area contributed by atoms with Gasteiger partial charge in [-0.1, -0.05) is 13.3 Å². The predicted molar refractivity (Wildman–Crippen MR) is 72.5 cm³/mol. The highest BCUT2D eigenvalue weighted by Gasteiger charge is 2.34. The minimum atomic E-state index is -1.35. The van der Waals surface area contributed by atoms with Gasteiger partial charge in [0.25, 0.3) is 5.91 Å². The summed E-state index contributed by atoms with van der Waals surface area (Å²) in [6, 6.07) is 3.90. The van der Waals surface area contributed by atoms with E-state index in [0.29, 0.717) is 12.8 Å². The van der Waals surface area contributed by atoms with Crippen molar-refractivity contribution in [3.8, 4) is 0 Å². The lowest BCUT2D eigenvalue weighted by molar-refractivity contribution is -0.144. The van der Waals surface area contributed by atoms with E-state index < -0.39 is 23.2 Å². The monoisotopic (exact) mass is 331 g/mol. The van der Waals surface area contributed by atoms with Crippen molar-refractivity contribution in [2.45, 2.75) is 32.2 Å². The van der Waals surface area contributed by atoms with E-state index in [1.165, 1.54) is 19.1 Å². The first kappa shape index (κ1) is 15.6. The Morgan fingerprint density at radius 1 is 1.47 bits per heavy atom. The van der Waals surface area contributed by atoms with E-state index in [9.17, 15) is 14.0 Å². The number of carbonyl (C=O) groups is 2. The fourth-order valence-electron chi connectivity index (χ4n) is 1.68. The Labute approximate surface area is 119 Å². The van der Waals surface area contributed by atoms with Crippen molar-refractivity contribution in [3.05, 3.63) is 34.1 Å². The molecule has 0 aliphatic heterocycles. The highest BCUT2D eigenvalue weighted by atomic mass is 79.9. The molecular weight excluding hydrogens is 317 g/mol. The summed E-state index contributed by atoms with van der Waals surface area (Å²) >= 11 is 2.99. The first-order chi connectivity index (χ1) is 8.80. The Bertz CT molecular complexity index is 507. The van der Waals surface area contributed by atoms with Crippen LogP contribution in [0.3, 0.4) is 0 Å². The molecule has 0 aliphatic rings. The van der Waals surface area contributed by atoms with E-state index in [-0.39, 0.29) is 10.0 Å². The zero-order valence-electron chi connectivity index (χ0n) is 10.7. The second kappa shape index (κ2) is 6.14. The molecule has 1 amide bonds. The molecule has 1 aromatic carbocycles. The van der Waals surface area contributed by atoms with Gasteiger partial charge in [-0.05, 0) is 47.5 Å². The van der Waals surface area contributed by atoms with Gasteiger partial charge >= 0.3 is 5.97 Å². The van der Waals surface area contributed by atoms with Crippen LogP contribution in [0, 0.1) is 5.82 Å². The summed E-state index contributed by atoms with van der Waals surface area (Å²) < 4.78 is 13.6. The first-order valence-corrected chi connectivity index (χ1v) is 6.60. The molecule has 19 heavy (non-hydrogen) atoms. The maximum Gasteiger partial charge on any atom is 0.329 e. The zero-order valence-corrected chi connectivity index (χ0v) is 12.3. The van der Waals surface area contributed by atoms with Gasteiger partial charge in [-0.25, -0.2) is 9.18 Å². The number of carboxylic acids is 1. The Morgan fingerprint density at radius 3 is 2.58 bits per heavy atom. The Morgan fingerprint density at radius 2 is 2.11 bits per heavy atom. The number of nitrogens with one attached hydrogen (secondary N) is 1. The number of hydrogen-bond donors (Lipinski definition) is 2. The standard InChI is InChI=1S/C13H15BrFNO3/c1-3-6-13(2,12(18)19)16-11(17)8-4-5-9(14)10(15)7-8/h4-5,7H,3,6H2,1-2H3,(H,16,17)(H,18,19). The summed E-state index contributed by atoms with van der Waals surface area (Å²) in [5.74, 6) is -2.29. The fourth-order valence-corrected chi connectivity index (χ4v) is 1.93. The Hall–Kier alpha value is -1.43. The number of halogens is 2. The minimum Gasteiger partial charge on any atom is -0.480 e. The third-order valence-electron chi connectivity index (χ3n) is 2.79. The quantitative estimate of drug-likeness (QED) is 0.871. The van der Waals surface area contributed by atoms with Crippen molar-refractivity contribution >= 4 is 27.8 Å². The molecule has 0 bridgehead atoms. The van der Waals surface area contributed by atoms with E-state index in [2.05, 4.69) is 21.2 Å². The summed E-state index contributed by atoms with van der Waals surface area (Å²) in [7, 11) is 0. The number of carboxylic acid groups (broad SMARTS) is 1. The van der Waals surface area contributed by atoms with E-state index >= 15 is 0 Å². The second-order valence-electron chi connectivity index (χ2n) is 4.47. The molecule has 4 nitrogen and oxygen atoms in total. The molecule has 0 radical (unpaired) electrons. The van der Waals surface area contributed by atoms with Crippen LogP contribution >= 0.6 is 15.9 Å². The fraction of sp³-hybridized carbons (Fsp3) is 0.385. The van der Waals surface area contributed by atoms with Crippen molar-refractivity contribution in [1.82, 2.24) is 5.32 Å². The summed E-state index contributed by atoms with van der Waals surface area (Å²) in [5.41, 5.74) is -1.26. The summed E-state index contributed by atoms with van der Waals surface area (Å²) in [6.07, 6.45) is 0.908. The van der Waals surface area contributed by atoms with Crippen LogP contribution in [0.4, 0.5) is 4.39 Å². The highest BCUT2D eigenvalue weighted by molar-refractivity contribution is 9.10. The number of aliphatic carboxylic acids is 1. The lowest BCUT2D eigenvalue weighted by Gasteiger charge is -2.25. The minimum absolute atomic E-state index is 0.0873. The molecule has 0 aromatic heterocycles. The number of hydrogen-bond acceptors (Lipinski definition) is 2. The van der Waals surface area contributed by atoms with Crippen LogP contribution in [0.1, 0.15) is 37.0 Å². The summed E-state index contributed by atoms with van der Waals surface area (Å²) in [4.78, 5) is 23.1. The van der Waals surface area contributed by atoms with Gasteiger partial charge in [0.2, 0.25) is 0 Å². The average Bonchev–Trinajstić information content (AvgIpc) is 2.32. The number of benzene rings is 1. The molecular formula is C13H15BrFNO3. The molecule has 1 unspecified atom stereocenters. The molecule has 0 heterocycles. The molecule has 0 saturated carbocycles. The van der Waals surface area contributed by atoms with Crippen LogP contribution in [0.15, 0.2) is 22.7 Å². The topological polar surface area (TPSA) is 66.4 Å². The lowest BCUT2D eigenvalue weighted by Crippen LogP contribution is -2.52. The van der Waals surface area contributed by atoms with Crippen molar-refractivity contribution in [2.24, 2.45) is 0 Å². The number of carbonyl (C=O) groups excluding carboxylic acids is 1. The highest BCUT2D eigenvalue weighted by Crippen LogP contribution is 2.18. The normalized spacial score (nSPS) is 13.7. The lowest BCUT2D eigenvalue weighted by atomic mass is 9.96. The molecule has 0 aliphatic carbocycles. The molecule has 104 valence electrons. The molecule has 1 aromatic rings. The predicted octanol–water partition coefficient (Wildman–Crippen LogP) is 2.96. The second-order valence-corrected chi connectivity index (χ2v) is 5.32. The van der Waals surface area contributed by atoms with Crippen molar-refractivity contribution < 1.29 is 19.1 Å². The zero-order chi connectivity index (χ0) is 14.6.